The van der Waals surface area contributed by atoms with Crippen LogP contribution in [0, 0.1) is 0 Å². The van der Waals surface area contributed by atoms with Crippen LogP contribution in [0.3, 0.4) is 0 Å². The second kappa shape index (κ2) is 32.6. The van der Waals surface area contributed by atoms with Gasteiger partial charge in [0, 0.05) is 12.8 Å². The first-order valence-electron chi connectivity index (χ1n) is 17.0. The number of ether oxygens (including phenoxy) is 2. The lowest BCUT2D eigenvalue weighted by Gasteiger charge is -2.15. The average molecular weight is 577 g/mol. The lowest BCUT2D eigenvalue weighted by molar-refractivity contribution is -0.161. The van der Waals surface area contributed by atoms with Crippen molar-refractivity contribution in [2.75, 3.05) is 13.2 Å². The van der Waals surface area contributed by atoms with Crippen LogP contribution in [0.15, 0.2) is 36.5 Å². The average Bonchev–Trinajstić information content (AvgIpc) is 2.97. The Morgan fingerprint density at radius 3 is 1.46 bits per heavy atom. The van der Waals surface area contributed by atoms with Gasteiger partial charge in [-0.15, -0.1) is 0 Å². The van der Waals surface area contributed by atoms with Crippen LogP contribution >= 0.6 is 0 Å². The molecule has 0 aliphatic rings. The summed E-state index contributed by atoms with van der Waals surface area (Å²) in [5, 5.41) is 9.50. The van der Waals surface area contributed by atoms with Gasteiger partial charge in [0.25, 0.3) is 0 Å². The molecule has 0 aromatic carbocycles. The summed E-state index contributed by atoms with van der Waals surface area (Å²) in [6, 6.07) is 0. The Morgan fingerprint density at radius 1 is 0.561 bits per heavy atom. The van der Waals surface area contributed by atoms with Crippen LogP contribution in [0.4, 0.5) is 0 Å². The van der Waals surface area contributed by atoms with Gasteiger partial charge in [-0.1, -0.05) is 115 Å². The molecule has 0 aliphatic carbocycles. The highest BCUT2D eigenvalue weighted by atomic mass is 16.6. The standard InChI is InChI=1S/C36H64O5/c1-3-5-7-9-11-13-15-17-18-19-21-23-25-27-29-31-36(39)41-34(32-37)33-40-35(38)30-28-26-24-22-20-16-14-12-10-8-6-4-2/h11-14,17-18,34,37H,3-10,15-16,19-33H2,1-2H3/b13-11+,14-12+,18-17+/t34-/m0/s1. The predicted octanol–water partition coefficient (Wildman–Crippen LogP) is 10.1. The number of allylic oxidation sites excluding steroid dienone is 6. The lowest BCUT2D eigenvalue weighted by atomic mass is 10.1. The molecular weight excluding hydrogens is 512 g/mol. The number of esters is 2. The third-order valence-corrected chi connectivity index (χ3v) is 7.16. The molecule has 0 fully saturated rings. The van der Waals surface area contributed by atoms with Crippen molar-refractivity contribution in [3.63, 3.8) is 0 Å². The lowest BCUT2D eigenvalue weighted by Crippen LogP contribution is -2.28. The zero-order valence-corrected chi connectivity index (χ0v) is 26.8. The van der Waals surface area contributed by atoms with Gasteiger partial charge < -0.3 is 14.6 Å². The molecule has 5 heteroatoms. The highest BCUT2D eigenvalue weighted by Crippen LogP contribution is 2.11. The van der Waals surface area contributed by atoms with E-state index in [4.69, 9.17) is 9.47 Å². The Labute approximate surface area is 253 Å². The van der Waals surface area contributed by atoms with E-state index in [0.717, 1.165) is 64.2 Å². The zero-order chi connectivity index (χ0) is 30.1. The molecule has 0 radical (unpaired) electrons. The second-order valence-corrected chi connectivity index (χ2v) is 11.2. The van der Waals surface area contributed by atoms with Crippen molar-refractivity contribution in [1.29, 1.82) is 0 Å². The molecule has 1 atom stereocenters. The van der Waals surface area contributed by atoms with Crippen molar-refractivity contribution in [1.82, 2.24) is 0 Å². The van der Waals surface area contributed by atoms with Gasteiger partial charge in [0.1, 0.15) is 6.61 Å². The Bertz CT molecular complexity index is 667. The van der Waals surface area contributed by atoms with Crippen molar-refractivity contribution in [3.05, 3.63) is 36.5 Å². The fourth-order valence-electron chi connectivity index (χ4n) is 4.52. The van der Waals surface area contributed by atoms with Gasteiger partial charge in [-0.3, -0.25) is 9.59 Å². The van der Waals surface area contributed by atoms with Gasteiger partial charge >= 0.3 is 11.9 Å². The second-order valence-electron chi connectivity index (χ2n) is 11.2. The molecule has 0 bridgehead atoms. The highest BCUT2D eigenvalue weighted by molar-refractivity contribution is 5.70. The van der Waals surface area contributed by atoms with E-state index in [2.05, 4.69) is 50.3 Å². The Kier molecular flexibility index (Phi) is 31.1. The van der Waals surface area contributed by atoms with E-state index in [9.17, 15) is 14.7 Å². The number of hydrogen-bond donors (Lipinski definition) is 1. The summed E-state index contributed by atoms with van der Waals surface area (Å²) < 4.78 is 10.5. The summed E-state index contributed by atoms with van der Waals surface area (Å²) in [7, 11) is 0. The Balaban J connectivity index is 3.63. The Hall–Kier alpha value is -1.88. The van der Waals surface area contributed by atoms with E-state index in [1.165, 1.54) is 70.6 Å². The van der Waals surface area contributed by atoms with Crippen LogP contribution in [0.5, 0.6) is 0 Å². The van der Waals surface area contributed by atoms with Crippen LogP contribution < -0.4 is 0 Å². The monoisotopic (exact) mass is 576 g/mol. The van der Waals surface area contributed by atoms with Gasteiger partial charge in [-0.2, -0.15) is 0 Å². The molecule has 0 saturated heterocycles. The molecule has 1 N–H and O–H groups in total. The molecule has 0 saturated carbocycles. The maximum atomic E-state index is 12.1. The van der Waals surface area contributed by atoms with Crippen LogP contribution in [-0.4, -0.2) is 36.4 Å². The summed E-state index contributed by atoms with van der Waals surface area (Å²) >= 11 is 0. The van der Waals surface area contributed by atoms with Gasteiger partial charge in [0.05, 0.1) is 6.61 Å². The first-order chi connectivity index (χ1) is 20.1. The molecule has 0 aromatic heterocycles. The van der Waals surface area contributed by atoms with E-state index in [-0.39, 0.29) is 25.2 Å². The number of aliphatic hydroxyl groups is 1. The first kappa shape index (κ1) is 39.1. The van der Waals surface area contributed by atoms with Crippen LogP contribution in [-0.2, 0) is 19.1 Å². The molecule has 0 aliphatic heterocycles. The topological polar surface area (TPSA) is 72.8 Å². The van der Waals surface area contributed by atoms with E-state index < -0.39 is 6.10 Å². The number of hydrogen-bond acceptors (Lipinski definition) is 5. The van der Waals surface area contributed by atoms with Crippen LogP contribution in [0.2, 0.25) is 0 Å². The van der Waals surface area contributed by atoms with E-state index in [1.54, 1.807) is 0 Å². The van der Waals surface area contributed by atoms with Gasteiger partial charge in [-0.05, 0) is 70.6 Å². The van der Waals surface area contributed by atoms with E-state index >= 15 is 0 Å². The fourth-order valence-corrected chi connectivity index (χ4v) is 4.52. The minimum Gasteiger partial charge on any atom is -0.462 e. The SMILES string of the molecule is CCCCC/C=C/C/C=C/CCCCCCCC(=O)O[C@@H](CO)COC(=O)CCCCCCC/C=C/CCCCC. The third-order valence-electron chi connectivity index (χ3n) is 7.16. The molecule has 0 amide bonds. The Morgan fingerprint density at radius 2 is 0.976 bits per heavy atom. The van der Waals surface area contributed by atoms with Gasteiger partial charge in [0.15, 0.2) is 6.10 Å². The molecule has 41 heavy (non-hydrogen) atoms. The number of aliphatic hydroxyl groups excluding tert-OH is 1. The molecular formula is C36H64O5. The van der Waals surface area contributed by atoms with Gasteiger partial charge in [-0.25, -0.2) is 0 Å². The summed E-state index contributed by atoms with van der Waals surface area (Å²) in [4.78, 5) is 24.1. The zero-order valence-electron chi connectivity index (χ0n) is 26.8. The summed E-state index contributed by atoms with van der Waals surface area (Å²) in [6.45, 7) is 4.05. The van der Waals surface area contributed by atoms with Crippen molar-refractivity contribution in [3.8, 4) is 0 Å². The number of carbonyl (C=O) groups excluding carboxylic acids is 2. The minimum atomic E-state index is -0.778. The molecule has 238 valence electrons. The summed E-state index contributed by atoms with van der Waals surface area (Å²) in [5.41, 5.74) is 0. The predicted molar refractivity (Wildman–Crippen MR) is 173 cm³/mol. The van der Waals surface area contributed by atoms with Crippen molar-refractivity contribution in [2.24, 2.45) is 0 Å². The van der Waals surface area contributed by atoms with Crippen molar-refractivity contribution in [2.45, 2.75) is 168 Å². The molecule has 0 unspecified atom stereocenters. The molecule has 0 spiro atoms. The van der Waals surface area contributed by atoms with Crippen molar-refractivity contribution >= 4 is 11.9 Å². The maximum Gasteiger partial charge on any atom is 0.306 e. The maximum absolute atomic E-state index is 12.1. The number of rotatable bonds is 30. The summed E-state index contributed by atoms with van der Waals surface area (Å²) in [5.74, 6) is -0.621. The number of unbranched alkanes of at least 4 members (excludes halogenated alkanes) is 16. The smallest absolute Gasteiger partial charge is 0.306 e. The molecule has 0 rings (SSSR count). The highest BCUT2D eigenvalue weighted by Gasteiger charge is 2.16. The minimum absolute atomic E-state index is 0.0756. The molecule has 5 nitrogen and oxygen atoms in total. The molecule has 0 heterocycles. The van der Waals surface area contributed by atoms with Crippen molar-refractivity contribution < 1.29 is 24.2 Å². The largest absolute Gasteiger partial charge is 0.462 e. The quantitative estimate of drug-likeness (QED) is 0.0523. The van der Waals surface area contributed by atoms with Crippen LogP contribution in [0.1, 0.15) is 162 Å². The van der Waals surface area contributed by atoms with E-state index in [1.807, 2.05) is 0 Å². The van der Waals surface area contributed by atoms with Gasteiger partial charge in [0.2, 0.25) is 0 Å². The van der Waals surface area contributed by atoms with E-state index in [0.29, 0.717) is 12.8 Å². The fraction of sp³-hybridized carbons (Fsp3) is 0.778. The summed E-state index contributed by atoms with van der Waals surface area (Å²) in [6.07, 6.45) is 37.6. The number of carbonyl (C=O) groups is 2. The third kappa shape index (κ3) is 30.9. The molecule has 0 aromatic rings. The first-order valence-corrected chi connectivity index (χ1v) is 17.0. The normalized spacial score (nSPS) is 12.6. The van der Waals surface area contributed by atoms with Crippen LogP contribution in [0.25, 0.3) is 0 Å².